The highest BCUT2D eigenvalue weighted by atomic mass is 32.2. The summed E-state index contributed by atoms with van der Waals surface area (Å²) in [6.07, 6.45) is -0.204. The molecule has 0 aromatic heterocycles. The van der Waals surface area contributed by atoms with Crippen molar-refractivity contribution in [3.8, 4) is 0 Å². The Morgan fingerprint density at radius 3 is 1.55 bits per heavy atom. The lowest BCUT2D eigenvalue weighted by Crippen LogP contribution is -1.97. The molecule has 6 heteroatoms. The monoisotopic (exact) mass is 184 g/mol. The van der Waals surface area contributed by atoms with Gasteiger partial charge in [-0.15, -0.1) is 0 Å². The summed E-state index contributed by atoms with van der Waals surface area (Å²) >= 11 is 0. The van der Waals surface area contributed by atoms with Crippen molar-refractivity contribution in [1.82, 2.24) is 0 Å². The van der Waals surface area contributed by atoms with Gasteiger partial charge in [0.2, 0.25) is 0 Å². The minimum Gasteiger partial charge on any atom is -0.390 e. The quantitative estimate of drug-likeness (QED) is 0.455. The van der Waals surface area contributed by atoms with Crippen LogP contribution in [0.15, 0.2) is 0 Å². The molecule has 2 unspecified atom stereocenters. The Kier molecular flexibility index (Phi) is 3.95. The van der Waals surface area contributed by atoms with Crippen LogP contribution in [0.25, 0.3) is 0 Å². The second kappa shape index (κ2) is 4.01. The molecule has 5 nitrogen and oxygen atoms in total. The summed E-state index contributed by atoms with van der Waals surface area (Å²) in [5.74, 6) is -0.201. The average molecular weight is 184 g/mol. The molecule has 68 valence electrons. The Morgan fingerprint density at radius 2 is 1.55 bits per heavy atom. The van der Waals surface area contributed by atoms with Crippen LogP contribution in [0.1, 0.15) is 13.3 Å². The summed E-state index contributed by atoms with van der Waals surface area (Å²) in [6, 6.07) is 0. The van der Waals surface area contributed by atoms with E-state index in [9.17, 15) is 8.42 Å². The molecule has 0 aromatic carbocycles. The molecule has 2 atom stereocenters. The van der Waals surface area contributed by atoms with Crippen LogP contribution in [0.5, 0.6) is 0 Å². The van der Waals surface area contributed by atoms with Crippen LogP contribution in [0.3, 0.4) is 0 Å². The SMILES string of the molecule is CCS(=O)(=O)O.OC1CC1O. The van der Waals surface area contributed by atoms with E-state index in [2.05, 4.69) is 0 Å². The maximum atomic E-state index is 9.56. The van der Waals surface area contributed by atoms with Gasteiger partial charge in [0.25, 0.3) is 10.1 Å². The minimum atomic E-state index is -3.66. The van der Waals surface area contributed by atoms with Crippen LogP contribution in [-0.2, 0) is 10.1 Å². The van der Waals surface area contributed by atoms with Crippen molar-refractivity contribution in [2.24, 2.45) is 0 Å². The van der Waals surface area contributed by atoms with Gasteiger partial charge in [0.15, 0.2) is 0 Å². The Bertz CT molecular complexity index is 191. The van der Waals surface area contributed by atoms with Crippen molar-refractivity contribution in [2.45, 2.75) is 25.6 Å². The molecule has 11 heavy (non-hydrogen) atoms. The van der Waals surface area contributed by atoms with Crippen LogP contribution in [-0.4, -0.2) is 41.1 Å². The standard InChI is InChI=1S/C3H6O2.C2H6O3S/c4-2-1-3(2)5;1-2-6(3,4)5/h2-5H,1H2;2H2,1H3,(H,3,4,5). The molecule has 1 saturated carbocycles. The molecule has 0 bridgehead atoms. The lowest BCUT2D eigenvalue weighted by Gasteiger charge is -1.79. The summed E-state index contributed by atoms with van der Waals surface area (Å²) in [5, 5.41) is 16.4. The Balaban J connectivity index is 0.000000183. The molecule has 3 N–H and O–H groups in total. The highest BCUT2D eigenvalue weighted by Gasteiger charge is 2.32. The van der Waals surface area contributed by atoms with Crippen LogP contribution in [0.4, 0.5) is 0 Å². The van der Waals surface area contributed by atoms with Crippen molar-refractivity contribution >= 4 is 10.1 Å². The van der Waals surface area contributed by atoms with Crippen molar-refractivity contribution in [2.75, 3.05) is 5.75 Å². The first kappa shape index (κ1) is 10.8. The zero-order valence-corrected chi connectivity index (χ0v) is 6.95. The molecule has 0 aliphatic heterocycles. The summed E-state index contributed by atoms with van der Waals surface area (Å²) in [4.78, 5) is 0. The maximum absolute atomic E-state index is 9.56. The van der Waals surface area contributed by atoms with Crippen molar-refractivity contribution in [3.63, 3.8) is 0 Å². The van der Waals surface area contributed by atoms with E-state index in [-0.39, 0.29) is 5.75 Å². The van der Waals surface area contributed by atoms with Gasteiger partial charge < -0.3 is 10.2 Å². The lowest BCUT2D eigenvalue weighted by atomic mass is 10.8. The fourth-order valence-corrected chi connectivity index (χ4v) is 0.169. The first-order valence-electron chi connectivity index (χ1n) is 3.18. The lowest BCUT2D eigenvalue weighted by molar-refractivity contribution is 0.180. The van der Waals surface area contributed by atoms with Gasteiger partial charge in [-0.2, -0.15) is 8.42 Å². The highest BCUT2D eigenvalue weighted by Crippen LogP contribution is 2.18. The summed E-state index contributed by atoms with van der Waals surface area (Å²) in [6.45, 7) is 1.37. The number of aliphatic hydroxyl groups excluding tert-OH is 2. The van der Waals surface area contributed by atoms with Gasteiger partial charge in [0.05, 0.1) is 18.0 Å². The predicted octanol–water partition coefficient (Wildman–Crippen LogP) is -0.994. The van der Waals surface area contributed by atoms with Gasteiger partial charge in [-0.1, -0.05) is 0 Å². The van der Waals surface area contributed by atoms with E-state index in [0.29, 0.717) is 6.42 Å². The van der Waals surface area contributed by atoms with E-state index in [0.717, 1.165) is 0 Å². The first-order chi connectivity index (χ1) is 4.87. The molecule has 0 saturated heterocycles. The zero-order valence-electron chi connectivity index (χ0n) is 6.14. The number of aliphatic hydroxyl groups is 2. The van der Waals surface area contributed by atoms with Crippen LogP contribution < -0.4 is 0 Å². The molecule has 0 amide bonds. The molecule has 1 aliphatic rings. The van der Waals surface area contributed by atoms with E-state index in [1.807, 2.05) is 0 Å². The fraction of sp³-hybridized carbons (Fsp3) is 1.00. The Labute approximate surface area is 65.4 Å². The molecule has 1 rings (SSSR count). The predicted molar refractivity (Wildman–Crippen MR) is 38.7 cm³/mol. The van der Waals surface area contributed by atoms with Crippen LogP contribution in [0.2, 0.25) is 0 Å². The van der Waals surface area contributed by atoms with E-state index in [1.165, 1.54) is 6.92 Å². The smallest absolute Gasteiger partial charge is 0.264 e. The van der Waals surface area contributed by atoms with Crippen LogP contribution >= 0.6 is 0 Å². The summed E-state index contributed by atoms with van der Waals surface area (Å²) < 4.78 is 26.9. The van der Waals surface area contributed by atoms with Gasteiger partial charge in [-0.05, 0) is 6.92 Å². The van der Waals surface area contributed by atoms with E-state index in [4.69, 9.17) is 14.8 Å². The topological polar surface area (TPSA) is 94.8 Å². The van der Waals surface area contributed by atoms with Gasteiger partial charge in [0.1, 0.15) is 0 Å². The second-order valence-corrected chi connectivity index (χ2v) is 3.98. The molecular formula is C5H12O5S. The molecule has 0 aromatic rings. The van der Waals surface area contributed by atoms with Crippen molar-refractivity contribution < 1.29 is 23.2 Å². The number of hydrogen-bond donors (Lipinski definition) is 3. The van der Waals surface area contributed by atoms with Crippen molar-refractivity contribution in [1.29, 1.82) is 0 Å². The Hall–Kier alpha value is -0.170. The normalized spacial score (nSPS) is 28.7. The average Bonchev–Trinajstić information content (AvgIpc) is 2.45. The third-order valence-corrected chi connectivity index (χ3v) is 1.82. The minimum absolute atomic E-state index is 0.201. The second-order valence-electron chi connectivity index (χ2n) is 2.24. The fourth-order valence-electron chi connectivity index (χ4n) is 0.169. The van der Waals surface area contributed by atoms with E-state index < -0.39 is 22.3 Å². The molecule has 0 spiro atoms. The summed E-state index contributed by atoms with van der Waals surface area (Å²) in [5.41, 5.74) is 0. The number of rotatable bonds is 1. The van der Waals surface area contributed by atoms with Gasteiger partial charge in [-0.25, -0.2) is 0 Å². The van der Waals surface area contributed by atoms with Gasteiger partial charge in [-0.3, -0.25) is 4.55 Å². The molecule has 1 aliphatic carbocycles. The first-order valence-corrected chi connectivity index (χ1v) is 4.79. The largest absolute Gasteiger partial charge is 0.390 e. The van der Waals surface area contributed by atoms with Crippen molar-refractivity contribution in [3.05, 3.63) is 0 Å². The third kappa shape index (κ3) is 7.73. The summed E-state index contributed by atoms with van der Waals surface area (Å²) in [7, 11) is -3.66. The molecule has 1 fully saturated rings. The third-order valence-electron chi connectivity index (χ3n) is 1.09. The molecule has 0 heterocycles. The molecular weight excluding hydrogens is 172 g/mol. The molecule has 0 radical (unpaired) electrons. The van der Waals surface area contributed by atoms with Gasteiger partial charge in [0, 0.05) is 6.42 Å². The number of hydrogen-bond acceptors (Lipinski definition) is 4. The van der Waals surface area contributed by atoms with E-state index >= 15 is 0 Å². The van der Waals surface area contributed by atoms with Crippen LogP contribution in [0, 0.1) is 0 Å². The maximum Gasteiger partial charge on any atom is 0.264 e. The zero-order chi connectivity index (χ0) is 9.07. The van der Waals surface area contributed by atoms with Gasteiger partial charge >= 0.3 is 0 Å². The highest BCUT2D eigenvalue weighted by molar-refractivity contribution is 7.85. The Morgan fingerprint density at radius 1 is 1.36 bits per heavy atom. The van der Waals surface area contributed by atoms with E-state index in [1.54, 1.807) is 0 Å².